The summed E-state index contributed by atoms with van der Waals surface area (Å²) in [5.74, 6) is 6.58. The summed E-state index contributed by atoms with van der Waals surface area (Å²) in [7, 11) is 3.85. The Kier molecular flexibility index (Phi) is 9.91. The fraction of sp³-hybridized carbons (Fsp3) is 0.324. The van der Waals surface area contributed by atoms with Crippen LogP contribution >= 0.6 is 22.7 Å². The summed E-state index contributed by atoms with van der Waals surface area (Å²) >= 11 is 2.99. The van der Waals surface area contributed by atoms with E-state index in [1.165, 1.54) is 17.4 Å². The van der Waals surface area contributed by atoms with E-state index in [0.29, 0.717) is 42.4 Å². The van der Waals surface area contributed by atoms with Gasteiger partial charge in [-0.15, -0.1) is 21.5 Å². The van der Waals surface area contributed by atoms with Gasteiger partial charge in [0, 0.05) is 28.1 Å². The van der Waals surface area contributed by atoms with Crippen molar-refractivity contribution in [3.63, 3.8) is 0 Å². The predicted octanol–water partition coefficient (Wildman–Crippen LogP) is 6.53. The molecule has 10 nitrogen and oxygen atoms in total. The first-order valence-electron chi connectivity index (χ1n) is 15.3. The number of carbonyl (C=O) groups excluding carboxylic acids is 1. The molecular formula is C34H34FN7O3S2. The van der Waals surface area contributed by atoms with Gasteiger partial charge >= 0.3 is 5.97 Å². The number of nitrogens with one attached hydrogen (secondary N) is 1. The van der Waals surface area contributed by atoms with Crippen LogP contribution in [0.4, 0.5) is 26.3 Å². The lowest BCUT2D eigenvalue weighted by Crippen LogP contribution is -2.15. The molecule has 1 N–H and O–H groups in total. The number of halogens is 1. The first kappa shape index (κ1) is 32.3. The average molecular weight is 672 g/mol. The third-order valence-electron chi connectivity index (χ3n) is 7.43. The maximum absolute atomic E-state index is 14.6. The Morgan fingerprint density at radius 1 is 1.15 bits per heavy atom. The van der Waals surface area contributed by atoms with Crippen LogP contribution in [0.1, 0.15) is 45.4 Å². The van der Waals surface area contributed by atoms with E-state index in [1.807, 2.05) is 55.1 Å². The minimum absolute atomic E-state index is 0.165. The topological polar surface area (TPSA) is 106 Å². The Morgan fingerprint density at radius 3 is 2.79 bits per heavy atom. The molecule has 4 heterocycles. The van der Waals surface area contributed by atoms with Crippen molar-refractivity contribution in [2.24, 2.45) is 0 Å². The van der Waals surface area contributed by atoms with E-state index in [1.54, 1.807) is 30.4 Å². The average Bonchev–Trinajstić information content (AvgIpc) is 3.78. The maximum atomic E-state index is 14.6. The van der Waals surface area contributed by atoms with E-state index in [9.17, 15) is 9.18 Å². The number of benzene rings is 2. The number of carbonyl (C=O) groups is 1. The molecule has 2 aromatic carbocycles. The zero-order valence-corrected chi connectivity index (χ0v) is 28.2. The van der Waals surface area contributed by atoms with Gasteiger partial charge in [-0.3, -0.25) is 4.90 Å². The number of fused-ring (bicyclic) bond motifs is 2. The lowest BCUT2D eigenvalue weighted by molar-refractivity contribution is 0.0519. The molecule has 0 saturated carbocycles. The molecule has 5 aromatic rings. The van der Waals surface area contributed by atoms with Crippen LogP contribution < -0.4 is 15.0 Å². The Hall–Kier alpha value is -4.64. The lowest BCUT2D eigenvalue weighted by atomic mass is 10.1. The van der Waals surface area contributed by atoms with Crippen LogP contribution in [0.5, 0.6) is 5.75 Å². The van der Waals surface area contributed by atoms with Crippen molar-refractivity contribution < 1.29 is 18.7 Å². The monoisotopic (exact) mass is 671 g/mol. The number of nitrogens with zero attached hydrogens (tertiary/aromatic N) is 6. The normalized spacial score (nSPS) is 12.3. The number of thiazole rings is 2. The highest BCUT2D eigenvalue weighted by atomic mass is 32.1. The molecule has 1 aliphatic heterocycles. The minimum Gasteiger partial charge on any atom is -0.491 e. The van der Waals surface area contributed by atoms with Gasteiger partial charge in [-0.25, -0.2) is 19.2 Å². The summed E-state index contributed by atoms with van der Waals surface area (Å²) in [5.41, 5.74) is 3.88. The van der Waals surface area contributed by atoms with Crippen LogP contribution in [0.3, 0.4) is 0 Å². The van der Waals surface area contributed by atoms with Crippen molar-refractivity contribution in [1.29, 1.82) is 0 Å². The van der Waals surface area contributed by atoms with E-state index in [2.05, 4.69) is 32.3 Å². The van der Waals surface area contributed by atoms with Gasteiger partial charge in [-0.2, -0.15) is 0 Å². The molecule has 0 spiro atoms. The molecule has 0 atom stereocenters. The number of esters is 1. The Labute approximate surface area is 280 Å². The van der Waals surface area contributed by atoms with Gasteiger partial charge in [-0.05, 0) is 77.5 Å². The van der Waals surface area contributed by atoms with Gasteiger partial charge in [0.15, 0.2) is 39.2 Å². The SMILES string of the molecule is CCOC(=O)c1nc(N2CCc3c2nnc(Nc2nc4ccccc4s2)c3C)sc1CCCOc1ccc(C#CCN(C)C)cc1F. The molecule has 0 saturated heterocycles. The quantitative estimate of drug-likeness (QED) is 0.0947. The van der Waals surface area contributed by atoms with Gasteiger partial charge in [0.2, 0.25) is 0 Å². The second kappa shape index (κ2) is 14.4. The van der Waals surface area contributed by atoms with Crippen LogP contribution in [0.15, 0.2) is 42.5 Å². The lowest BCUT2D eigenvalue weighted by Gasteiger charge is -2.15. The Morgan fingerprint density at radius 2 is 2.00 bits per heavy atom. The smallest absolute Gasteiger partial charge is 0.358 e. The van der Waals surface area contributed by atoms with Crippen molar-refractivity contribution in [1.82, 2.24) is 25.1 Å². The summed E-state index contributed by atoms with van der Waals surface area (Å²) in [6, 6.07) is 12.7. The maximum Gasteiger partial charge on any atom is 0.358 e. The van der Waals surface area contributed by atoms with Crippen LogP contribution in [0.2, 0.25) is 0 Å². The molecule has 0 amide bonds. The predicted molar refractivity (Wildman–Crippen MR) is 184 cm³/mol. The summed E-state index contributed by atoms with van der Waals surface area (Å²) in [6.07, 6.45) is 1.82. The first-order chi connectivity index (χ1) is 22.8. The van der Waals surface area contributed by atoms with Crippen molar-refractivity contribution in [2.75, 3.05) is 50.6 Å². The second-order valence-electron chi connectivity index (χ2n) is 11.1. The molecule has 6 rings (SSSR count). The van der Waals surface area contributed by atoms with Crippen molar-refractivity contribution in [3.05, 3.63) is 75.5 Å². The number of aryl methyl sites for hydroxylation is 1. The summed E-state index contributed by atoms with van der Waals surface area (Å²) in [6.45, 7) is 5.54. The Bertz CT molecular complexity index is 1950. The highest BCUT2D eigenvalue weighted by Gasteiger charge is 2.30. The molecule has 0 unspecified atom stereocenters. The highest BCUT2D eigenvalue weighted by Crippen LogP contribution is 2.40. The number of hydrogen-bond acceptors (Lipinski definition) is 12. The van der Waals surface area contributed by atoms with Crippen molar-refractivity contribution >= 4 is 60.8 Å². The molecule has 0 fully saturated rings. The number of para-hydroxylation sites is 1. The van der Waals surface area contributed by atoms with Gasteiger partial charge in [0.05, 0.1) is 30.0 Å². The molecule has 242 valence electrons. The van der Waals surface area contributed by atoms with E-state index < -0.39 is 11.8 Å². The summed E-state index contributed by atoms with van der Waals surface area (Å²) in [4.78, 5) is 27.0. The summed E-state index contributed by atoms with van der Waals surface area (Å²) in [5, 5.41) is 13.8. The molecule has 13 heteroatoms. The van der Waals surface area contributed by atoms with E-state index in [0.717, 1.165) is 43.6 Å². The molecule has 0 radical (unpaired) electrons. The summed E-state index contributed by atoms with van der Waals surface area (Å²) < 4.78 is 26.8. The zero-order chi connectivity index (χ0) is 32.9. The molecule has 1 aliphatic rings. The fourth-order valence-electron chi connectivity index (χ4n) is 5.11. The first-order valence-corrected chi connectivity index (χ1v) is 16.9. The molecule has 3 aromatic heterocycles. The van der Waals surface area contributed by atoms with E-state index in [4.69, 9.17) is 14.5 Å². The second-order valence-corrected chi connectivity index (χ2v) is 13.2. The van der Waals surface area contributed by atoms with E-state index >= 15 is 0 Å². The van der Waals surface area contributed by atoms with Gasteiger partial charge in [0.25, 0.3) is 0 Å². The zero-order valence-electron chi connectivity index (χ0n) is 26.6. The highest BCUT2D eigenvalue weighted by molar-refractivity contribution is 7.22. The largest absolute Gasteiger partial charge is 0.491 e. The van der Waals surface area contributed by atoms with Crippen LogP contribution in [-0.4, -0.2) is 71.4 Å². The third kappa shape index (κ3) is 7.35. The number of rotatable bonds is 11. The molecule has 0 aliphatic carbocycles. The standard InChI is InChI=1S/C34H34FN7O3S2/c1-5-44-32(43)29-28(13-9-19-45-26-15-14-22(20-24(26)35)10-8-17-41(3)4)47-34(37-29)42-18-16-23-21(2)30(39-40-31(23)42)38-33-36-25-11-6-7-12-27(25)46-33/h6-7,11-12,14-15,20H,5,9,13,16-19H2,1-4H3,(H,36,38,39). The van der Waals surface area contributed by atoms with E-state index in [-0.39, 0.29) is 24.7 Å². The Balaban J connectivity index is 1.14. The van der Waals surface area contributed by atoms with Gasteiger partial charge in [-0.1, -0.05) is 35.3 Å². The molecule has 47 heavy (non-hydrogen) atoms. The van der Waals surface area contributed by atoms with Gasteiger partial charge in [0.1, 0.15) is 0 Å². The molecule has 0 bridgehead atoms. The van der Waals surface area contributed by atoms with Gasteiger partial charge < -0.3 is 19.7 Å². The third-order valence-corrected chi connectivity index (χ3v) is 9.52. The molecular weight excluding hydrogens is 638 g/mol. The number of hydrogen-bond donors (Lipinski definition) is 1. The van der Waals surface area contributed by atoms with Crippen LogP contribution in [0.25, 0.3) is 10.2 Å². The number of ether oxygens (including phenoxy) is 2. The number of aromatic nitrogens is 4. The van der Waals surface area contributed by atoms with Crippen LogP contribution in [0, 0.1) is 24.6 Å². The van der Waals surface area contributed by atoms with Crippen molar-refractivity contribution in [2.45, 2.75) is 33.1 Å². The number of anilines is 4. The van der Waals surface area contributed by atoms with Crippen LogP contribution in [-0.2, 0) is 17.6 Å². The fourth-order valence-corrected chi connectivity index (χ4v) is 7.10. The van der Waals surface area contributed by atoms with Crippen molar-refractivity contribution in [3.8, 4) is 17.6 Å². The minimum atomic E-state index is -0.472.